The van der Waals surface area contributed by atoms with Gasteiger partial charge in [0, 0.05) is 10.5 Å². The summed E-state index contributed by atoms with van der Waals surface area (Å²) in [5, 5.41) is 0. The molecule has 1 saturated carbocycles. The van der Waals surface area contributed by atoms with Gasteiger partial charge in [0.2, 0.25) is 10.0 Å². The maximum atomic E-state index is 11.0. The van der Waals surface area contributed by atoms with E-state index in [1.165, 1.54) is 0 Å². The monoisotopic (exact) mass is 275 g/mol. The molecule has 5 heteroatoms. The zero-order valence-corrected chi connectivity index (χ0v) is 8.48. The first-order valence-electron chi connectivity index (χ1n) is 3.20. The largest absolute Gasteiger partial charge is 0.212 e. The SMILES string of the molecule is O=S(=O)(CCI)NC1CC1. The van der Waals surface area contributed by atoms with Gasteiger partial charge in [-0.2, -0.15) is 0 Å². The van der Waals surface area contributed by atoms with Crippen molar-refractivity contribution in [2.45, 2.75) is 18.9 Å². The van der Waals surface area contributed by atoms with Gasteiger partial charge in [-0.3, -0.25) is 0 Å². The smallest absolute Gasteiger partial charge is 0.212 e. The highest BCUT2D eigenvalue weighted by atomic mass is 127. The van der Waals surface area contributed by atoms with E-state index in [1.54, 1.807) is 0 Å². The van der Waals surface area contributed by atoms with E-state index in [9.17, 15) is 8.42 Å². The minimum absolute atomic E-state index is 0.254. The van der Waals surface area contributed by atoms with Crippen molar-refractivity contribution >= 4 is 32.6 Å². The molecule has 0 saturated heterocycles. The molecular formula is C5H10INO2S. The summed E-state index contributed by atoms with van der Waals surface area (Å²) < 4.78 is 25.2. The Morgan fingerprint density at radius 3 is 2.50 bits per heavy atom. The molecule has 0 aromatic heterocycles. The van der Waals surface area contributed by atoms with E-state index in [2.05, 4.69) is 27.3 Å². The molecule has 0 bridgehead atoms. The Kier molecular flexibility index (Phi) is 2.93. The fourth-order valence-electron chi connectivity index (χ4n) is 0.616. The molecule has 0 spiro atoms. The molecule has 60 valence electrons. The second kappa shape index (κ2) is 3.36. The van der Waals surface area contributed by atoms with E-state index in [0.29, 0.717) is 4.43 Å². The third-order valence-electron chi connectivity index (χ3n) is 1.27. The lowest BCUT2D eigenvalue weighted by molar-refractivity contribution is 0.583. The summed E-state index contributed by atoms with van der Waals surface area (Å²) in [4.78, 5) is 0. The van der Waals surface area contributed by atoms with Crippen LogP contribution in [0, 0.1) is 0 Å². The van der Waals surface area contributed by atoms with Crippen molar-refractivity contribution < 1.29 is 8.42 Å². The van der Waals surface area contributed by atoms with Crippen molar-refractivity contribution in [2.75, 3.05) is 10.2 Å². The highest BCUT2D eigenvalue weighted by molar-refractivity contribution is 14.1. The number of alkyl halides is 1. The van der Waals surface area contributed by atoms with Crippen LogP contribution in [0.25, 0.3) is 0 Å². The second-order valence-electron chi connectivity index (χ2n) is 2.40. The molecule has 0 heterocycles. The fraction of sp³-hybridized carbons (Fsp3) is 1.00. The molecule has 0 atom stereocenters. The van der Waals surface area contributed by atoms with Crippen molar-refractivity contribution in [1.82, 2.24) is 4.72 Å². The molecular weight excluding hydrogens is 265 g/mol. The van der Waals surface area contributed by atoms with Crippen LogP contribution in [-0.4, -0.2) is 24.6 Å². The topological polar surface area (TPSA) is 46.2 Å². The Morgan fingerprint density at radius 1 is 1.50 bits per heavy atom. The van der Waals surface area contributed by atoms with E-state index >= 15 is 0 Å². The number of sulfonamides is 1. The molecule has 3 nitrogen and oxygen atoms in total. The normalized spacial score (nSPS) is 19.3. The van der Waals surface area contributed by atoms with Gasteiger partial charge in [0.25, 0.3) is 0 Å². The van der Waals surface area contributed by atoms with Gasteiger partial charge in [-0.05, 0) is 12.8 Å². The molecule has 10 heavy (non-hydrogen) atoms. The van der Waals surface area contributed by atoms with Gasteiger partial charge < -0.3 is 0 Å². The Bertz CT molecular complexity index is 198. The van der Waals surface area contributed by atoms with Crippen LogP contribution >= 0.6 is 22.6 Å². The first kappa shape index (κ1) is 8.73. The maximum absolute atomic E-state index is 11.0. The molecule has 0 aliphatic heterocycles. The third kappa shape index (κ3) is 3.16. The van der Waals surface area contributed by atoms with E-state index in [-0.39, 0.29) is 11.8 Å². The summed E-state index contributed by atoms with van der Waals surface area (Å²) in [6.45, 7) is 0. The van der Waals surface area contributed by atoms with Crippen molar-refractivity contribution in [3.63, 3.8) is 0 Å². The standard InChI is InChI=1S/C5H10INO2S/c6-3-4-10(8,9)7-5-1-2-5/h5,7H,1-4H2. The van der Waals surface area contributed by atoms with Crippen LogP contribution in [0.15, 0.2) is 0 Å². The predicted molar refractivity (Wildman–Crippen MR) is 48.8 cm³/mol. The number of halogens is 1. The average molecular weight is 275 g/mol. The maximum Gasteiger partial charge on any atom is 0.212 e. The first-order valence-corrected chi connectivity index (χ1v) is 6.38. The minimum atomic E-state index is -2.93. The van der Waals surface area contributed by atoms with Crippen LogP contribution < -0.4 is 4.72 Å². The van der Waals surface area contributed by atoms with Crippen LogP contribution in [-0.2, 0) is 10.0 Å². The first-order chi connectivity index (χ1) is 4.64. The van der Waals surface area contributed by atoms with E-state index in [0.717, 1.165) is 12.8 Å². The molecule has 0 amide bonds. The molecule has 1 aliphatic rings. The lowest BCUT2D eigenvalue weighted by atomic mass is 10.8. The van der Waals surface area contributed by atoms with Gasteiger partial charge in [-0.1, -0.05) is 22.6 Å². The molecule has 0 aromatic rings. The van der Waals surface area contributed by atoms with Gasteiger partial charge in [-0.15, -0.1) is 0 Å². The van der Waals surface area contributed by atoms with E-state index in [4.69, 9.17) is 0 Å². The van der Waals surface area contributed by atoms with E-state index < -0.39 is 10.0 Å². The predicted octanol–water partition coefficient (Wildman–Crippen LogP) is 0.503. The Morgan fingerprint density at radius 2 is 2.10 bits per heavy atom. The van der Waals surface area contributed by atoms with Gasteiger partial charge >= 0.3 is 0 Å². The van der Waals surface area contributed by atoms with Crippen LogP contribution in [0.1, 0.15) is 12.8 Å². The zero-order chi connectivity index (χ0) is 7.61. The van der Waals surface area contributed by atoms with Crippen molar-refractivity contribution in [2.24, 2.45) is 0 Å². The summed E-state index contributed by atoms with van der Waals surface area (Å²) in [6, 6.07) is 0.257. The summed E-state index contributed by atoms with van der Waals surface area (Å²) >= 11 is 2.06. The van der Waals surface area contributed by atoms with Gasteiger partial charge in [0.05, 0.1) is 5.75 Å². The highest BCUT2D eigenvalue weighted by Gasteiger charge is 2.26. The molecule has 0 aromatic carbocycles. The third-order valence-corrected chi connectivity index (χ3v) is 3.97. The van der Waals surface area contributed by atoms with Crippen LogP contribution in [0.2, 0.25) is 0 Å². The van der Waals surface area contributed by atoms with Crippen LogP contribution in [0.5, 0.6) is 0 Å². The molecule has 1 rings (SSSR count). The number of hydrogen-bond donors (Lipinski definition) is 1. The van der Waals surface area contributed by atoms with Gasteiger partial charge in [0.15, 0.2) is 0 Å². The highest BCUT2D eigenvalue weighted by Crippen LogP contribution is 2.19. The molecule has 1 N–H and O–H groups in total. The van der Waals surface area contributed by atoms with Gasteiger partial charge in [-0.25, -0.2) is 13.1 Å². The second-order valence-corrected chi connectivity index (χ2v) is 5.35. The average Bonchev–Trinajstić information content (AvgIpc) is 2.48. The summed E-state index contributed by atoms with van der Waals surface area (Å²) in [7, 11) is -2.93. The fourth-order valence-corrected chi connectivity index (χ4v) is 3.42. The number of rotatable bonds is 4. The Balaban J connectivity index is 2.34. The van der Waals surface area contributed by atoms with Crippen molar-refractivity contribution in [3.05, 3.63) is 0 Å². The molecule has 1 fully saturated rings. The van der Waals surface area contributed by atoms with Gasteiger partial charge in [0.1, 0.15) is 0 Å². The Labute approximate surface area is 74.8 Å². The number of nitrogens with one attached hydrogen (secondary N) is 1. The Hall–Kier alpha value is 0.640. The summed E-state index contributed by atoms with van der Waals surface area (Å²) in [5.41, 5.74) is 0. The van der Waals surface area contributed by atoms with Crippen LogP contribution in [0.3, 0.4) is 0 Å². The lowest BCUT2D eigenvalue weighted by Crippen LogP contribution is -2.28. The lowest BCUT2D eigenvalue weighted by Gasteiger charge is -2.00. The molecule has 0 radical (unpaired) electrons. The quantitative estimate of drug-likeness (QED) is 0.600. The van der Waals surface area contributed by atoms with E-state index in [1.807, 2.05) is 0 Å². The van der Waals surface area contributed by atoms with Crippen molar-refractivity contribution in [3.8, 4) is 0 Å². The number of hydrogen-bond acceptors (Lipinski definition) is 2. The minimum Gasteiger partial charge on any atom is -0.212 e. The summed E-state index contributed by atoms with van der Waals surface area (Å²) in [6.07, 6.45) is 2.03. The summed E-state index contributed by atoms with van der Waals surface area (Å²) in [5.74, 6) is 0.254. The zero-order valence-electron chi connectivity index (χ0n) is 5.51. The van der Waals surface area contributed by atoms with Crippen molar-refractivity contribution in [1.29, 1.82) is 0 Å². The van der Waals surface area contributed by atoms with Crippen LogP contribution in [0.4, 0.5) is 0 Å². The molecule has 0 unspecified atom stereocenters. The molecule has 1 aliphatic carbocycles.